The molecular weight excluding hydrogens is 244 g/mol. The first-order chi connectivity index (χ1) is 8.90. The molecule has 6 nitrogen and oxygen atoms in total. The minimum Gasteiger partial charge on any atom is -0.395 e. The summed E-state index contributed by atoms with van der Waals surface area (Å²) < 4.78 is 0. The molecule has 5 N–H and O–H groups in total. The van der Waals surface area contributed by atoms with Crippen LogP contribution in [0.2, 0.25) is 0 Å². The third-order valence-electron chi connectivity index (χ3n) is 3.66. The van der Waals surface area contributed by atoms with Crippen LogP contribution in [0.3, 0.4) is 0 Å². The number of amides is 1. The monoisotopic (exact) mass is 268 g/mol. The van der Waals surface area contributed by atoms with Gasteiger partial charge < -0.3 is 16.2 Å². The topological polar surface area (TPSA) is 104 Å². The molecule has 0 bridgehead atoms. The van der Waals surface area contributed by atoms with Gasteiger partial charge in [0.1, 0.15) is 0 Å². The molecule has 0 aliphatic heterocycles. The van der Waals surface area contributed by atoms with Crippen LogP contribution >= 0.6 is 0 Å². The van der Waals surface area contributed by atoms with E-state index >= 15 is 0 Å². The van der Waals surface area contributed by atoms with E-state index in [0.29, 0.717) is 18.5 Å². The SMILES string of the molecule is CCC(CC)(CO)NC(=O)c1n[nH]c(C(C)C)c1N. The number of nitrogen functional groups attached to an aromatic ring is 1. The minimum atomic E-state index is -0.611. The van der Waals surface area contributed by atoms with Crippen molar-refractivity contribution < 1.29 is 9.90 Å². The first-order valence-electron chi connectivity index (χ1n) is 6.67. The van der Waals surface area contributed by atoms with Gasteiger partial charge in [0.25, 0.3) is 5.91 Å². The Kier molecular flexibility index (Phi) is 4.94. The van der Waals surface area contributed by atoms with Crippen molar-refractivity contribution in [2.75, 3.05) is 12.3 Å². The molecule has 6 heteroatoms. The molecule has 19 heavy (non-hydrogen) atoms. The Morgan fingerprint density at radius 3 is 2.42 bits per heavy atom. The van der Waals surface area contributed by atoms with Crippen LogP contribution < -0.4 is 11.1 Å². The van der Waals surface area contributed by atoms with E-state index in [1.165, 1.54) is 0 Å². The number of aliphatic hydroxyl groups excluding tert-OH is 1. The summed E-state index contributed by atoms with van der Waals surface area (Å²) in [5.41, 5.74) is 6.66. The van der Waals surface area contributed by atoms with Crippen LogP contribution in [0.5, 0.6) is 0 Å². The summed E-state index contributed by atoms with van der Waals surface area (Å²) in [6.07, 6.45) is 1.29. The number of aromatic amines is 1. The molecule has 0 aliphatic rings. The maximum Gasteiger partial charge on any atom is 0.274 e. The van der Waals surface area contributed by atoms with Crippen LogP contribution in [-0.4, -0.2) is 33.4 Å². The van der Waals surface area contributed by atoms with Gasteiger partial charge in [0, 0.05) is 0 Å². The Morgan fingerprint density at radius 2 is 2.05 bits per heavy atom. The fourth-order valence-electron chi connectivity index (χ4n) is 1.97. The average Bonchev–Trinajstić information content (AvgIpc) is 2.78. The molecule has 1 heterocycles. The number of nitrogens with two attached hydrogens (primary N) is 1. The molecule has 1 amide bonds. The Balaban J connectivity index is 2.95. The Bertz CT molecular complexity index is 428. The van der Waals surface area contributed by atoms with Gasteiger partial charge in [-0.05, 0) is 18.8 Å². The molecule has 1 aromatic rings. The van der Waals surface area contributed by atoms with E-state index in [-0.39, 0.29) is 24.1 Å². The maximum absolute atomic E-state index is 12.2. The number of nitrogens with one attached hydrogen (secondary N) is 2. The zero-order valence-electron chi connectivity index (χ0n) is 12.1. The Hall–Kier alpha value is -1.56. The first-order valence-corrected chi connectivity index (χ1v) is 6.67. The summed E-state index contributed by atoms with van der Waals surface area (Å²) >= 11 is 0. The summed E-state index contributed by atoms with van der Waals surface area (Å²) in [4.78, 5) is 12.2. The molecular formula is C13H24N4O2. The molecule has 0 aromatic carbocycles. The summed E-state index contributed by atoms with van der Waals surface area (Å²) in [6, 6.07) is 0. The number of rotatable bonds is 6. The standard InChI is InChI=1S/C13H24N4O2/c1-5-13(6-2,7-18)15-12(19)11-9(14)10(8(3)4)16-17-11/h8,18H,5-7,14H2,1-4H3,(H,15,19)(H,16,17). The van der Waals surface area contributed by atoms with Crippen LogP contribution in [0, 0.1) is 0 Å². The predicted molar refractivity (Wildman–Crippen MR) is 75.0 cm³/mol. The zero-order chi connectivity index (χ0) is 14.6. The quantitative estimate of drug-likeness (QED) is 0.626. The van der Waals surface area contributed by atoms with Gasteiger partial charge in [0.15, 0.2) is 5.69 Å². The van der Waals surface area contributed by atoms with Crippen molar-refractivity contribution in [2.24, 2.45) is 0 Å². The van der Waals surface area contributed by atoms with Crippen molar-refractivity contribution in [1.29, 1.82) is 0 Å². The number of carbonyl (C=O) groups excluding carboxylic acids is 1. The molecule has 0 atom stereocenters. The molecule has 0 saturated carbocycles. The number of anilines is 1. The normalized spacial score (nSPS) is 11.9. The highest BCUT2D eigenvalue weighted by molar-refractivity contribution is 5.98. The lowest BCUT2D eigenvalue weighted by atomic mass is 9.93. The highest BCUT2D eigenvalue weighted by atomic mass is 16.3. The van der Waals surface area contributed by atoms with Gasteiger partial charge in [0.2, 0.25) is 0 Å². The van der Waals surface area contributed by atoms with Gasteiger partial charge >= 0.3 is 0 Å². The highest BCUT2D eigenvalue weighted by Crippen LogP contribution is 2.23. The van der Waals surface area contributed by atoms with E-state index < -0.39 is 5.54 Å². The van der Waals surface area contributed by atoms with Crippen LogP contribution in [-0.2, 0) is 0 Å². The van der Waals surface area contributed by atoms with Crippen LogP contribution in [0.25, 0.3) is 0 Å². The Morgan fingerprint density at radius 1 is 1.47 bits per heavy atom. The lowest BCUT2D eigenvalue weighted by Gasteiger charge is -2.30. The smallest absolute Gasteiger partial charge is 0.274 e. The second-order valence-electron chi connectivity index (χ2n) is 5.15. The third kappa shape index (κ3) is 3.07. The summed E-state index contributed by atoms with van der Waals surface area (Å²) in [6.45, 7) is 7.69. The highest BCUT2D eigenvalue weighted by Gasteiger charge is 2.30. The van der Waals surface area contributed by atoms with Gasteiger partial charge in [-0.15, -0.1) is 0 Å². The van der Waals surface area contributed by atoms with Gasteiger partial charge in [-0.3, -0.25) is 9.89 Å². The van der Waals surface area contributed by atoms with E-state index in [2.05, 4.69) is 15.5 Å². The fraction of sp³-hybridized carbons (Fsp3) is 0.692. The number of hydrogen-bond acceptors (Lipinski definition) is 4. The number of nitrogens with zero attached hydrogens (tertiary/aromatic N) is 1. The molecule has 0 spiro atoms. The van der Waals surface area contributed by atoms with Gasteiger partial charge in [-0.1, -0.05) is 27.7 Å². The molecule has 0 saturated heterocycles. The number of aliphatic hydroxyl groups is 1. The van der Waals surface area contributed by atoms with Crippen molar-refractivity contribution in [3.63, 3.8) is 0 Å². The molecule has 0 radical (unpaired) electrons. The molecule has 1 aromatic heterocycles. The van der Waals surface area contributed by atoms with Crippen molar-refractivity contribution >= 4 is 11.6 Å². The second kappa shape index (κ2) is 6.06. The summed E-state index contributed by atoms with van der Waals surface area (Å²) in [5.74, 6) is -0.174. The Labute approximate surface area is 113 Å². The molecule has 0 aliphatic carbocycles. The van der Waals surface area contributed by atoms with Crippen molar-refractivity contribution in [2.45, 2.75) is 52.0 Å². The summed E-state index contributed by atoms with van der Waals surface area (Å²) in [7, 11) is 0. The van der Waals surface area contributed by atoms with E-state index in [0.717, 1.165) is 5.69 Å². The lowest BCUT2D eigenvalue weighted by molar-refractivity contribution is 0.0813. The van der Waals surface area contributed by atoms with Gasteiger partial charge in [0.05, 0.1) is 23.5 Å². The predicted octanol–water partition coefficient (Wildman–Crippen LogP) is 1.40. The second-order valence-corrected chi connectivity index (χ2v) is 5.15. The van der Waals surface area contributed by atoms with Crippen LogP contribution in [0.4, 0.5) is 5.69 Å². The van der Waals surface area contributed by atoms with Crippen molar-refractivity contribution in [3.8, 4) is 0 Å². The lowest BCUT2D eigenvalue weighted by Crippen LogP contribution is -2.50. The minimum absolute atomic E-state index is 0.104. The van der Waals surface area contributed by atoms with E-state index in [1.54, 1.807) is 0 Å². The zero-order valence-corrected chi connectivity index (χ0v) is 12.1. The summed E-state index contributed by atoms with van der Waals surface area (Å²) in [5, 5.41) is 19.1. The maximum atomic E-state index is 12.2. The van der Waals surface area contributed by atoms with E-state index in [4.69, 9.17) is 5.73 Å². The van der Waals surface area contributed by atoms with E-state index in [9.17, 15) is 9.90 Å². The van der Waals surface area contributed by atoms with Crippen molar-refractivity contribution in [1.82, 2.24) is 15.5 Å². The van der Waals surface area contributed by atoms with E-state index in [1.807, 2.05) is 27.7 Å². The van der Waals surface area contributed by atoms with Gasteiger partial charge in [-0.25, -0.2) is 0 Å². The first kappa shape index (κ1) is 15.5. The number of H-pyrrole nitrogens is 1. The van der Waals surface area contributed by atoms with Crippen LogP contribution in [0.1, 0.15) is 62.6 Å². The fourth-order valence-corrected chi connectivity index (χ4v) is 1.97. The average molecular weight is 268 g/mol. The third-order valence-corrected chi connectivity index (χ3v) is 3.66. The molecule has 0 fully saturated rings. The number of hydrogen-bond donors (Lipinski definition) is 4. The van der Waals surface area contributed by atoms with Gasteiger partial charge in [-0.2, -0.15) is 5.10 Å². The number of carbonyl (C=O) groups is 1. The molecule has 108 valence electrons. The van der Waals surface area contributed by atoms with Crippen LogP contribution in [0.15, 0.2) is 0 Å². The largest absolute Gasteiger partial charge is 0.395 e. The molecule has 1 rings (SSSR count). The van der Waals surface area contributed by atoms with Crippen molar-refractivity contribution in [3.05, 3.63) is 11.4 Å². The number of aromatic nitrogens is 2. The molecule has 0 unspecified atom stereocenters.